The molecule has 4 nitrogen and oxygen atoms in total. The molecule has 0 N–H and O–H groups in total. The third-order valence-electron chi connectivity index (χ3n) is 3.90. The van der Waals surface area contributed by atoms with E-state index < -0.39 is 9.05 Å². The van der Waals surface area contributed by atoms with Crippen LogP contribution in [0.25, 0.3) is 0 Å². The van der Waals surface area contributed by atoms with Gasteiger partial charge in [-0.3, -0.25) is 0 Å². The molecule has 6 heteroatoms. The maximum Gasteiger partial charge on any atom is 0.261 e. The highest BCUT2D eigenvalue weighted by Gasteiger charge is 2.43. The van der Waals surface area contributed by atoms with Crippen LogP contribution in [-0.4, -0.2) is 15.0 Å². The number of benzene rings is 1. The van der Waals surface area contributed by atoms with E-state index in [9.17, 15) is 8.42 Å². The van der Waals surface area contributed by atoms with Crippen LogP contribution in [0, 0.1) is 30.6 Å². The summed E-state index contributed by atoms with van der Waals surface area (Å²) in [5.74, 6) is 0.649. The third kappa shape index (κ3) is 3.08. The van der Waals surface area contributed by atoms with Gasteiger partial charge >= 0.3 is 0 Å². The number of nitriles is 1. The Labute approximate surface area is 123 Å². The Balaban J connectivity index is 2.19. The fourth-order valence-corrected chi connectivity index (χ4v) is 3.39. The van der Waals surface area contributed by atoms with Crippen molar-refractivity contribution in [1.82, 2.24) is 0 Å². The van der Waals surface area contributed by atoms with Crippen LogP contribution in [-0.2, 0) is 9.05 Å². The van der Waals surface area contributed by atoms with Crippen molar-refractivity contribution in [2.45, 2.75) is 38.0 Å². The second kappa shape index (κ2) is 5.27. The lowest BCUT2D eigenvalue weighted by Gasteiger charge is -2.16. The number of rotatable bonds is 5. The lowest BCUT2D eigenvalue weighted by molar-refractivity contribution is 0.235. The predicted octanol–water partition coefficient (Wildman–Crippen LogP) is 3.30. The zero-order valence-corrected chi connectivity index (χ0v) is 13.0. The molecular weight excluding hydrogens is 298 g/mol. The largest absolute Gasteiger partial charge is 0.493 e. The van der Waals surface area contributed by atoms with Crippen LogP contribution in [0.4, 0.5) is 0 Å². The molecule has 0 aliphatic heterocycles. The molecule has 1 fully saturated rings. The Morgan fingerprint density at radius 3 is 2.50 bits per heavy atom. The average molecular weight is 314 g/mol. The van der Waals surface area contributed by atoms with Crippen LogP contribution in [0.5, 0.6) is 5.75 Å². The molecule has 0 spiro atoms. The quantitative estimate of drug-likeness (QED) is 0.782. The molecule has 1 aliphatic rings. The highest BCUT2D eigenvalue weighted by Crippen LogP contribution is 2.49. The van der Waals surface area contributed by atoms with E-state index in [0.29, 0.717) is 24.3 Å². The Hall–Kier alpha value is -1.25. The van der Waals surface area contributed by atoms with Gasteiger partial charge in [0.2, 0.25) is 0 Å². The molecule has 2 rings (SSSR count). The van der Waals surface area contributed by atoms with Crippen LogP contribution in [0.15, 0.2) is 17.0 Å². The van der Waals surface area contributed by atoms with E-state index >= 15 is 0 Å². The van der Waals surface area contributed by atoms with Crippen molar-refractivity contribution in [3.05, 3.63) is 23.3 Å². The molecule has 1 aromatic carbocycles. The van der Waals surface area contributed by atoms with Gasteiger partial charge in [-0.15, -0.1) is 0 Å². The summed E-state index contributed by atoms with van der Waals surface area (Å²) in [6.45, 7) is 4.01. The first-order chi connectivity index (χ1) is 9.29. The Morgan fingerprint density at radius 2 is 2.00 bits per heavy atom. The Morgan fingerprint density at radius 1 is 1.35 bits per heavy atom. The lowest BCUT2D eigenvalue weighted by Crippen LogP contribution is -2.13. The van der Waals surface area contributed by atoms with Crippen LogP contribution in [0.2, 0.25) is 0 Å². The van der Waals surface area contributed by atoms with Gasteiger partial charge in [0, 0.05) is 22.5 Å². The molecule has 0 unspecified atom stereocenters. The SMILES string of the molecule is Cc1c(OCC2(CC#N)CC2)ccc(S(=O)(=O)Cl)c1C. The van der Waals surface area contributed by atoms with E-state index in [-0.39, 0.29) is 10.3 Å². The fourth-order valence-electron chi connectivity index (χ4n) is 2.14. The van der Waals surface area contributed by atoms with E-state index in [1.165, 1.54) is 6.07 Å². The highest BCUT2D eigenvalue weighted by atomic mass is 35.7. The number of halogens is 1. The summed E-state index contributed by atoms with van der Waals surface area (Å²) in [6.07, 6.45) is 2.51. The van der Waals surface area contributed by atoms with E-state index in [1.54, 1.807) is 19.9 Å². The summed E-state index contributed by atoms with van der Waals surface area (Å²) in [4.78, 5) is 0.113. The molecule has 0 radical (unpaired) electrons. The fraction of sp³-hybridized carbons (Fsp3) is 0.500. The first-order valence-corrected chi connectivity index (χ1v) is 8.65. The molecule has 0 saturated heterocycles. The number of hydrogen-bond donors (Lipinski definition) is 0. The number of nitrogens with zero attached hydrogens (tertiary/aromatic N) is 1. The molecule has 0 heterocycles. The van der Waals surface area contributed by atoms with E-state index in [0.717, 1.165) is 18.4 Å². The zero-order chi connectivity index (χ0) is 15.0. The Kier molecular flexibility index (Phi) is 3.99. The van der Waals surface area contributed by atoms with Gasteiger partial charge in [-0.05, 0) is 49.9 Å². The second-order valence-corrected chi connectivity index (χ2v) is 7.91. The zero-order valence-electron chi connectivity index (χ0n) is 11.4. The summed E-state index contributed by atoms with van der Waals surface area (Å²) < 4.78 is 28.6. The molecule has 0 atom stereocenters. The van der Waals surface area contributed by atoms with E-state index in [1.807, 2.05) is 0 Å². The summed E-state index contributed by atoms with van der Waals surface area (Å²) in [5, 5.41) is 8.78. The first-order valence-electron chi connectivity index (χ1n) is 6.34. The Bertz CT molecular complexity index is 672. The minimum atomic E-state index is -3.74. The molecule has 1 aliphatic carbocycles. The standard InChI is InChI=1S/C14H16ClNO3S/c1-10-11(2)13(20(15,17)18)4-3-12(10)19-9-14(5-6-14)7-8-16/h3-4H,5-7,9H2,1-2H3. The van der Waals surface area contributed by atoms with Gasteiger partial charge in [0.25, 0.3) is 9.05 Å². The maximum atomic E-state index is 11.4. The van der Waals surface area contributed by atoms with Gasteiger partial charge in [0.1, 0.15) is 5.75 Å². The van der Waals surface area contributed by atoms with Crippen molar-refractivity contribution in [3.63, 3.8) is 0 Å². The molecule has 0 amide bonds. The van der Waals surface area contributed by atoms with Crippen molar-refractivity contribution >= 4 is 19.7 Å². The minimum Gasteiger partial charge on any atom is -0.493 e. The van der Waals surface area contributed by atoms with Gasteiger partial charge in [-0.2, -0.15) is 5.26 Å². The van der Waals surface area contributed by atoms with Gasteiger partial charge < -0.3 is 4.74 Å². The van der Waals surface area contributed by atoms with Crippen molar-refractivity contribution in [2.24, 2.45) is 5.41 Å². The molecule has 1 aromatic rings. The molecule has 0 aromatic heterocycles. The van der Waals surface area contributed by atoms with Gasteiger partial charge in [-0.1, -0.05) is 0 Å². The van der Waals surface area contributed by atoms with Crippen molar-refractivity contribution in [1.29, 1.82) is 5.26 Å². The van der Waals surface area contributed by atoms with Gasteiger partial charge in [0.05, 0.1) is 17.6 Å². The van der Waals surface area contributed by atoms with E-state index in [2.05, 4.69) is 6.07 Å². The second-order valence-electron chi connectivity index (χ2n) is 5.37. The molecule has 0 bridgehead atoms. The third-order valence-corrected chi connectivity index (χ3v) is 5.36. The van der Waals surface area contributed by atoms with Crippen molar-refractivity contribution in [3.8, 4) is 11.8 Å². The number of ether oxygens (including phenoxy) is 1. The molecule has 20 heavy (non-hydrogen) atoms. The first kappa shape index (κ1) is 15.1. The van der Waals surface area contributed by atoms with Crippen molar-refractivity contribution < 1.29 is 13.2 Å². The van der Waals surface area contributed by atoms with Gasteiger partial charge in [0.15, 0.2) is 0 Å². The van der Waals surface area contributed by atoms with Gasteiger partial charge in [-0.25, -0.2) is 8.42 Å². The smallest absolute Gasteiger partial charge is 0.261 e. The van der Waals surface area contributed by atoms with Crippen LogP contribution >= 0.6 is 10.7 Å². The summed E-state index contributed by atoms with van der Waals surface area (Å²) >= 11 is 0. The van der Waals surface area contributed by atoms with E-state index in [4.69, 9.17) is 20.7 Å². The molecular formula is C14H16ClNO3S. The lowest BCUT2D eigenvalue weighted by atomic mass is 10.1. The maximum absolute atomic E-state index is 11.4. The molecule has 108 valence electrons. The number of hydrogen-bond acceptors (Lipinski definition) is 4. The van der Waals surface area contributed by atoms with Crippen molar-refractivity contribution in [2.75, 3.05) is 6.61 Å². The normalized spacial score (nSPS) is 16.5. The molecule has 1 saturated carbocycles. The minimum absolute atomic E-state index is 0.00761. The van der Waals surface area contributed by atoms with Crippen LogP contribution in [0.3, 0.4) is 0 Å². The van der Waals surface area contributed by atoms with Crippen LogP contribution in [0.1, 0.15) is 30.4 Å². The summed E-state index contributed by atoms with van der Waals surface area (Å²) in [6, 6.07) is 5.27. The summed E-state index contributed by atoms with van der Waals surface area (Å²) in [7, 11) is 1.65. The average Bonchev–Trinajstić information content (AvgIpc) is 3.10. The summed E-state index contributed by atoms with van der Waals surface area (Å²) in [5.41, 5.74) is 1.36. The topological polar surface area (TPSA) is 67.2 Å². The predicted molar refractivity (Wildman–Crippen MR) is 76.3 cm³/mol. The highest BCUT2D eigenvalue weighted by molar-refractivity contribution is 8.13. The monoisotopic (exact) mass is 313 g/mol. The van der Waals surface area contributed by atoms with Crippen LogP contribution < -0.4 is 4.74 Å².